The van der Waals surface area contributed by atoms with E-state index in [9.17, 15) is 4.79 Å². The van der Waals surface area contributed by atoms with Crippen molar-refractivity contribution >= 4 is 5.91 Å². The van der Waals surface area contributed by atoms with E-state index in [1.54, 1.807) is 19.2 Å². The van der Waals surface area contributed by atoms with Crippen molar-refractivity contribution in [3.8, 4) is 17.2 Å². The molecule has 2 heterocycles. The summed E-state index contributed by atoms with van der Waals surface area (Å²) in [5, 5.41) is 0. The molecule has 0 aliphatic carbocycles. The number of fused-ring (bicyclic) bond motifs is 1. The fraction of sp³-hybridized carbons (Fsp3) is 0.588. The lowest BCUT2D eigenvalue weighted by Crippen LogP contribution is -2.42. The van der Waals surface area contributed by atoms with E-state index in [0.29, 0.717) is 41.9 Å². The Balaban J connectivity index is 1.78. The number of hydrogen-bond donors (Lipinski definition) is 1. The molecule has 2 aliphatic rings. The molecule has 0 bridgehead atoms. The Morgan fingerprint density at radius 3 is 2.65 bits per heavy atom. The fourth-order valence-corrected chi connectivity index (χ4v) is 3.21. The highest BCUT2D eigenvalue weighted by Crippen LogP contribution is 2.40. The number of nitrogens with zero attached hydrogens (tertiary/aromatic N) is 1. The first-order valence-corrected chi connectivity index (χ1v) is 8.12. The van der Waals surface area contributed by atoms with Crippen LogP contribution in [0.2, 0.25) is 0 Å². The van der Waals surface area contributed by atoms with Crippen molar-refractivity contribution in [2.45, 2.75) is 25.8 Å². The Morgan fingerprint density at radius 1 is 1.30 bits per heavy atom. The van der Waals surface area contributed by atoms with Gasteiger partial charge in [-0.15, -0.1) is 0 Å². The molecule has 2 aliphatic heterocycles. The lowest BCUT2D eigenvalue weighted by Gasteiger charge is -2.34. The molecule has 0 radical (unpaired) electrons. The first-order valence-electron chi connectivity index (χ1n) is 8.12. The number of nitrogens with two attached hydrogens (primary N) is 1. The van der Waals surface area contributed by atoms with Gasteiger partial charge in [-0.25, -0.2) is 0 Å². The zero-order valence-corrected chi connectivity index (χ0v) is 13.7. The van der Waals surface area contributed by atoms with E-state index in [-0.39, 0.29) is 11.9 Å². The van der Waals surface area contributed by atoms with Crippen molar-refractivity contribution in [1.82, 2.24) is 4.90 Å². The van der Waals surface area contributed by atoms with Crippen LogP contribution in [0, 0.1) is 5.92 Å². The van der Waals surface area contributed by atoms with Gasteiger partial charge in [0.1, 0.15) is 13.2 Å². The van der Waals surface area contributed by atoms with Crippen molar-refractivity contribution in [2.24, 2.45) is 11.7 Å². The van der Waals surface area contributed by atoms with Gasteiger partial charge in [-0.2, -0.15) is 0 Å². The average molecular weight is 320 g/mol. The van der Waals surface area contributed by atoms with Crippen LogP contribution in [-0.2, 0) is 0 Å². The quantitative estimate of drug-likeness (QED) is 0.917. The summed E-state index contributed by atoms with van der Waals surface area (Å²) < 4.78 is 16.5. The van der Waals surface area contributed by atoms with Gasteiger partial charge in [0, 0.05) is 24.7 Å². The summed E-state index contributed by atoms with van der Waals surface area (Å²) in [5.74, 6) is 2.18. The molecule has 1 atom stereocenters. The van der Waals surface area contributed by atoms with Gasteiger partial charge < -0.3 is 24.8 Å². The first kappa shape index (κ1) is 15.9. The van der Waals surface area contributed by atoms with Gasteiger partial charge in [0.25, 0.3) is 5.91 Å². The molecule has 3 rings (SSSR count). The third-order valence-electron chi connectivity index (χ3n) is 4.65. The van der Waals surface area contributed by atoms with Crippen LogP contribution < -0.4 is 19.9 Å². The molecule has 6 nitrogen and oxygen atoms in total. The predicted molar refractivity (Wildman–Crippen MR) is 86.3 cm³/mol. The maximum atomic E-state index is 12.8. The van der Waals surface area contributed by atoms with Crippen LogP contribution in [0.4, 0.5) is 0 Å². The highest BCUT2D eigenvalue weighted by Gasteiger charge is 2.27. The van der Waals surface area contributed by atoms with E-state index in [1.165, 1.54) is 0 Å². The van der Waals surface area contributed by atoms with E-state index in [4.69, 9.17) is 19.9 Å². The van der Waals surface area contributed by atoms with E-state index in [0.717, 1.165) is 25.9 Å². The van der Waals surface area contributed by atoms with Gasteiger partial charge in [0.15, 0.2) is 11.5 Å². The number of carbonyl (C=O) groups is 1. The maximum absolute atomic E-state index is 12.8. The number of amides is 1. The maximum Gasteiger partial charge on any atom is 0.254 e. The van der Waals surface area contributed by atoms with Gasteiger partial charge in [0.05, 0.1) is 7.11 Å². The summed E-state index contributed by atoms with van der Waals surface area (Å²) in [7, 11) is 1.57. The number of benzene rings is 1. The third kappa shape index (κ3) is 3.22. The molecule has 0 aromatic heterocycles. The zero-order valence-electron chi connectivity index (χ0n) is 13.7. The SMILES string of the molecule is COc1cc(C(=O)N2CCC(C(C)N)CC2)cc2c1OCCO2. The number of carbonyl (C=O) groups excluding carboxylic acids is 1. The molecule has 1 aromatic rings. The molecule has 0 saturated carbocycles. The number of methoxy groups -OCH3 is 1. The van der Waals surface area contributed by atoms with Crippen molar-refractivity contribution in [3.05, 3.63) is 17.7 Å². The molecule has 1 saturated heterocycles. The van der Waals surface area contributed by atoms with Crippen molar-refractivity contribution in [3.63, 3.8) is 0 Å². The Hall–Kier alpha value is -1.95. The highest BCUT2D eigenvalue weighted by molar-refractivity contribution is 5.95. The standard InChI is InChI=1S/C17H24N2O4/c1-11(18)12-3-5-19(6-4-12)17(20)13-9-14(21-2)16-15(10-13)22-7-8-23-16/h9-12H,3-8,18H2,1-2H3. The number of hydrogen-bond acceptors (Lipinski definition) is 5. The van der Waals surface area contributed by atoms with E-state index < -0.39 is 0 Å². The van der Waals surface area contributed by atoms with E-state index in [2.05, 4.69) is 0 Å². The van der Waals surface area contributed by atoms with Gasteiger partial charge in [-0.1, -0.05) is 0 Å². The lowest BCUT2D eigenvalue weighted by atomic mass is 9.90. The summed E-state index contributed by atoms with van der Waals surface area (Å²) in [6, 6.07) is 3.66. The minimum absolute atomic E-state index is 0.00315. The summed E-state index contributed by atoms with van der Waals surface area (Å²) >= 11 is 0. The number of rotatable bonds is 3. The Labute approximate surface area is 136 Å². The second-order valence-electron chi connectivity index (χ2n) is 6.19. The summed E-state index contributed by atoms with van der Waals surface area (Å²) in [6.07, 6.45) is 1.90. The molecule has 6 heteroatoms. The smallest absolute Gasteiger partial charge is 0.254 e. The molecule has 1 unspecified atom stereocenters. The number of likely N-dealkylation sites (tertiary alicyclic amines) is 1. The largest absolute Gasteiger partial charge is 0.493 e. The van der Waals surface area contributed by atoms with Gasteiger partial charge in [-0.05, 0) is 37.8 Å². The predicted octanol–water partition coefficient (Wildman–Crippen LogP) is 1.67. The molecular formula is C17H24N2O4. The fourth-order valence-electron chi connectivity index (χ4n) is 3.21. The van der Waals surface area contributed by atoms with Crippen molar-refractivity contribution in [1.29, 1.82) is 0 Å². The molecule has 23 heavy (non-hydrogen) atoms. The van der Waals surface area contributed by atoms with Crippen molar-refractivity contribution < 1.29 is 19.0 Å². The second-order valence-corrected chi connectivity index (χ2v) is 6.19. The van der Waals surface area contributed by atoms with Crippen LogP contribution in [-0.4, -0.2) is 50.3 Å². The van der Waals surface area contributed by atoms with Crippen LogP contribution in [0.15, 0.2) is 12.1 Å². The summed E-state index contributed by atoms with van der Waals surface area (Å²) in [6.45, 7) is 4.48. The van der Waals surface area contributed by atoms with Gasteiger partial charge >= 0.3 is 0 Å². The van der Waals surface area contributed by atoms with E-state index >= 15 is 0 Å². The zero-order chi connectivity index (χ0) is 16.4. The second kappa shape index (κ2) is 6.66. The van der Waals surface area contributed by atoms with Crippen LogP contribution in [0.3, 0.4) is 0 Å². The third-order valence-corrected chi connectivity index (χ3v) is 4.65. The number of piperidine rings is 1. The topological polar surface area (TPSA) is 74.0 Å². The summed E-state index contributed by atoms with van der Waals surface area (Å²) in [5.41, 5.74) is 6.54. The minimum Gasteiger partial charge on any atom is -0.493 e. The Bertz CT molecular complexity index is 563. The molecule has 2 N–H and O–H groups in total. The molecule has 1 fully saturated rings. The molecule has 1 aromatic carbocycles. The Morgan fingerprint density at radius 2 is 2.00 bits per heavy atom. The molecule has 0 spiro atoms. The summed E-state index contributed by atoms with van der Waals surface area (Å²) in [4.78, 5) is 14.7. The average Bonchev–Trinajstić information content (AvgIpc) is 2.60. The lowest BCUT2D eigenvalue weighted by molar-refractivity contribution is 0.0679. The molecule has 126 valence electrons. The van der Waals surface area contributed by atoms with Crippen LogP contribution in [0.5, 0.6) is 17.2 Å². The normalized spacial score (nSPS) is 19.3. The van der Waals surface area contributed by atoms with Crippen LogP contribution >= 0.6 is 0 Å². The van der Waals surface area contributed by atoms with Crippen LogP contribution in [0.1, 0.15) is 30.1 Å². The highest BCUT2D eigenvalue weighted by atomic mass is 16.6. The molecule has 1 amide bonds. The number of ether oxygens (including phenoxy) is 3. The van der Waals surface area contributed by atoms with E-state index in [1.807, 2.05) is 11.8 Å². The van der Waals surface area contributed by atoms with Gasteiger partial charge in [-0.3, -0.25) is 4.79 Å². The molecular weight excluding hydrogens is 296 g/mol. The van der Waals surface area contributed by atoms with Crippen molar-refractivity contribution in [2.75, 3.05) is 33.4 Å². The van der Waals surface area contributed by atoms with Gasteiger partial charge in [0.2, 0.25) is 5.75 Å². The monoisotopic (exact) mass is 320 g/mol. The minimum atomic E-state index is 0.00315. The Kier molecular flexibility index (Phi) is 4.61. The first-order chi connectivity index (χ1) is 11.1. The van der Waals surface area contributed by atoms with Crippen LogP contribution in [0.25, 0.3) is 0 Å².